The Morgan fingerprint density at radius 2 is 1.88 bits per heavy atom. The molecule has 0 fully saturated rings. The Morgan fingerprint density at radius 3 is 2.60 bits per heavy atom. The number of H-pyrrole nitrogens is 1. The maximum absolute atomic E-state index is 11.6. The molecule has 6 heteroatoms. The van der Waals surface area contributed by atoms with Gasteiger partial charge in [0.15, 0.2) is 0 Å². The van der Waals surface area contributed by atoms with Crippen molar-refractivity contribution in [2.24, 2.45) is 0 Å². The van der Waals surface area contributed by atoms with Gasteiger partial charge in [0.2, 0.25) is 0 Å². The highest BCUT2D eigenvalue weighted by Crippen LogP contribution is 2.32. The van der Waals surface area contributed by atoms with E-state index in [-0.39, 0.29) is 10.6 Å². The number of aliphatic hydroxyl groups is 1. The Kier molecular flexibility index (Phi) is 4.94. The molecule has 5 nitrogen and oxygen atoms in total. The summed E-state index contributed by atoms with van der Waals surface area (Å²) in [6.45, 7) is 1.42. The van der Waals surface area contributed by atoms with E-state index in [9.17, 15) is 15.0 Å². The molecular weight excluding hydrogens is 336 g/mol. The quantitative estimate of drug-likeness (QED) is 0.593. The first-order chi connectivity index (χ1) is 11.9. The van der Waals surface area contributed by atoms with Crippen LogP contribution in [0.5, 0.6) is 5.75 Å². The molecular formula is C19H23N2O3S+. The lowest BCUT2D eigenvalue weighted by molar-refractivity contribution is -0.893. The molecule has 0 saturated carbocycles. The summed E-state index contributed by atoms with van der Waals surface area (Å²) >= 11 is 1.02. The van der Waals surface area contributed by atoms with Crippen LogP contribution in [0.4, 0.5) is 0 Å². The summed E-state index contributed by atoms with van der Waals surface area (Å²) < 4.78 is 1.28. The number of quaternary nitrogens is 1. The summed E-state index contributed by atoms with van der Waals surface area (Å²) in [7, 11) is 4.17. The Balaban J connectivity index is 1.76. The summed E-state index contributed by atoms with van der Waals surface area (Å²) in [5, 5.41) is 20.6. The number of aromatic amines is 1. The van der Waals surface area contributed by atoms with E-state index in [0.717, 1.165) is 24.3 Å². The second-order valence-corrected chi connectivity index (χ2v) is 7.97. The number of aromatic hydroxyl groups is 1. The molecule has 0 saturated heterocycles. The molecule has 0 spiro atoms. The van der Waals surface area contributed by atoms with Gasteiger partial charge in [0.1, 0.15) is 23.9 Å². The van der Waals surface area contributed by atoms with Crippen LogP contribution in [0.15, 0.2) is 47.3 Å². The van der Waals surface area contributed by atoms with Gasteiger partial charge in [0.05, 0.1) is 25.3 Å². The number of phenolic OH excluding ortho intramolecular Hbond substituents is 1. The normalized spacial score (nSPS) is 13.2. The molecule has 0 aliphatic heterocycles. The van der Waals surface area contributed by atoms with E-state index in [1.807, 2.05) is 18.2 Å². The number of aromatic nitrogens is 1. The van der Waals surface area contributed by atoms with Gasteiger partial charge in [-0.15, -0.1) is 0 Å². The van der Waals surface area contributed by atoms with Crippen molar-refractivity contribution >= 4 is 21.6 Å². The van der Waals surface area contributed by atoms with Gasteiger partial charge in [-0.25, -0.2) is 0 Å². The van der Waals surface area contributed by atoms with E-state index in [2.05, 4.69) is 31.2 Å². The molecule has 0 radical (unpaired) electrons. The Hall–Kier alpha value is -2.15. The number of nitrogens with one attached hydrogen (secondary N) is 1. The van der Waals surface area contributed by atoms with Crippen LogP contribution in [0.2, 0.25) is 0 Å². The topological polar surface area (TPSA) is 73.3 Å². The summed E-state index contributed by atoms with van der Waals surface area (Å²) in [6, 6.07) is 13.5. The number of rotatable bonds is 6. The Morgan fingerprint density at radius 1 is 1.16 bits per heavy atom. The molecule has 25 heavy (non-hydrogen) atoms. The Bertz CT molecular complexity index is 915. The first kappa shape index (κ1) is 17.7. The lowest BCUT2D eigenvalue weighted by Gasteiger charge is -2.32. The summed E-state index contributed by atoms with van der Waals surface area (Å²) in [4.78, 5) is 14.0. The molecule has 132 valence electrons. The molecule has 2 aromatic carbocycles. The van der Waals surface area contributed by atoms with E-state index >= 15 is 0 Å². The standard InChI is InChI=1S/C19H22N2O3S/c1-21(2,11-10-13-6-4-3-5-7-13)12-16(23)14-8-9-15(22)17-18(14)25-19(24)20-17/h3-9,16,23H,10-12H2,1-2H3,(H-,20,22,24)/p+1/t16-/m0/s1. The van der Waals surface area contributed by atoms with Crippen LogP contribution in [0, 0.1) is 0 Å². The highest BCUT2D eigenvalue weighted by molar-refractivity contribution is 7.16. The van der Waals surface area contributed by atoms with E-state index in [1.165, 1.54) is 11.6 Å². The largest absolute Gasteiger partial charge is 0.506 e. The molecule has 0 aliphatic rings. The van der Waals surface area contributed by atoms with Gasteiger partial charge in [-0.3, -0.25) is 4.79 Å². The number of phenols is 1. The van der Waals surface area contributed by atoms with Crippen molar-refractivity contribution in [3.05, 3.63) is 63.3 Å². The van der Waals surface area contributed by atoms with Gasteiger partial charge >= 0.3 is 4.87 Å². The summed E-state index contributed by atoms with van der Waals surface area (Å²) in [5.41, 5.74) is 2.36. The number of benzene rings is 2. The third kappa shape index (κ3) is 4.10. The van der Waals surface area contributed by atoms with Crippen molar-refractivity contribution in [2.45, 2.75) is 12.5 Å². The third-order valence-electron chi connectivity index (χ3n) is 4.46. The van der Waals surface area contributed by atoms with Crippen LogP contribution >= 0.6 is 11.3 Å². The van der Waals surface area contributed by atoms with Crippen molar-refractivity contribution in [3.63, 3.8) is 0 Å². The fraction of sp³-hybridized carbons (Fsp3) is 0.316. The molecule has 0 amide bonds. The lowest BCUT2D eigenvalue weighted by atomic mass is 10.1. The zero-order valence-electron chi connectivity index (χ0n) is 14.4. The summed E-state index contributed by atoms with van der Waals surface area (Å²) in [5.74, 6) is 0.0297. The average molecular weight is 359 g/mol. The smallest absolute Gasteiger partial charge is 0.305 e. The molecule has 1 atom stereocenters. The maximum Gasteiger partial charge on any atom is 0.305 e. The minimum atomic E-state index is -0.708. The minimum absolute atomic E-state index is 0.0297. The zero-order chi connectivity index (χ0) is 18.0. The highest BCUT2D eigenvalue weighted by atomic mass is 32.1. The van der Waals surface area contributed by atoms with Gasteiger partial charge < -0.3 is 19.7 Å². The van der Waals surface area contributed by atoms with Crippen LogP contribution in [-0.4, -0.2) is 46.9 Å². The average Bonchev–Trinajstić information content (AvgIpc) is 2.96. The van der Waals surface area contributed by atoms with Crippen molar-refractivity contribution < 1.29 is 14.7 Å². The van der Waals surface area contributed by atoms with Gasteiger partial charge in [-0.05, 0) is 11.6 Å². The van der Waals surface area contributed by atoms with Gasteiger partial charge in [-0.1, -0.05) is 47.7 Å². The van der Waals surface area contributed by atoms with Gasteiger partial charge in [-0.2, -0.15) is 0 Å². The molecule has 1 aromatic heterocycles. The second-order valence-electron chi connectivity index (χ2n) is 6.99. The highest BCUT2D eigenvalue weighted by Gasteiger charge is 2.24. The summed E-state index contributed by atoms with van der Waals surface area (Å²) in [6.07, 6.45) is 0.226. The van der Waals surface area contributed by atoms with Crippen LogP contribution in [0.25, 0.3) is 10.2 Å². The molecule has 0 unspecified atom stereocenters. The number of likely N-dealkylation sites (N-methyl/N-ethyl adjacent to an activating group) is 1. The second kappa shape index (κ2) is 7.00. The molecule has 0 bridgehead atoms. The molecule has 0 aliphatic carbocycles. The Labute approximate surface area is 150 Å². The van der Waals surface area contributed by atoms with Crippen LogP contribution in [0.1, 0.15) is 17.2 Å². The monoisotopic (exact) mass is 359 g/mol. The first-order valence-corrected chi connectivity index (χ1v) is 9.06. The maximum atomic E-state index is 11.6. The predicted octanol–water partition coefficient (Wildman–Crippen LogP) is 2.65. The zero-order valence-corrected chi connectivity index (χ0v) is 15.2. The van der Waals surface area contributed by atoms with Crippen LogP contribution < -0.4 is 4.87 Å². The first-order valence-electron chi connectivity index (χ1n) is 8.24. The van der Waals surface area contributed by atoms with E-state index in [0.29, 0.717) is 26.8 Å². The number of aliphatic hydroxyl groups excluding tert-OH is 1. The minimum Gasteiger partial charge on any atom is -0.506 e. The lowest BCUT2D eigenvalue weighted by Crippen LogP contribution is -2.44. The van der Waals surface area contributed by atoms with E-state index in [4.69, 9.17) is 0 Å². The van der Waals surface area contributed by atoms with Crippen molar-refractivity contribution in [1.82, 2.24) is 4.98 Å². The number of nitrogens with zero attached hydrogens (tertiary/aromatic N) is 1. The van der Waals surface area contributed by atoms with Crippen LogP contribution in [-0.2, 0) is 6.42 Å². The molecule has 1 heterocycles. The van der Waals surface area contributed by atoms with Crippen molar-refractivity contribution in [2.75, 3.05) is 27.2 Å². The SMILES string of the molecule is C[N+](C)(CCc1ccccc1)C[C@H](O)c1ccc(O)c2[nH]c(=O)sc12. The molecule has 3 N–H and O–H groups in total. The van der Waals surface area contributed by atoms with Crippen molar-refractivity contribution in [1.29, 1.82) is 0 Å². The number of hydrogen-bond donors (Lipinski definition) is 3. The third-order valence-corrected chi connectivity index (χ3v) is 5.39. The van der Waals surface area contributed by atoms with E-state index < -0.39 is 6.10 Å². The van der Waals surface area contributed by atoms with Gasteiger partial charge in [0.25, 0.3) is 0 Å². The van der Waals surface area contributed by atoms with Crippen molar-refractivity contribution in [3.8, 4) is 5.75 Å². The van der Waals surface area contributed by atoms with Crippen LogP contribution in [0.3, 0.4) is 0 Å². The number of fused-ring (bicyclic) bond motifs is 1. The number of hydrogen-bond acceptors (Lipinski definition) is 4. The molecule has 3 rings (SSSR count). The van der Waals surface area contributed by atoms with E-state index in [1.54, 1.807) is 6.07 Å². The fourth-order valence-electron chi connectivity index (χ4n) is 3.04. The number of thiazole rings is 1. The van der Waals surface area contributed by atoms with Gasteiger partial charge in [0, 0.05) is 12.0 Å². The predicted molar refractivity (Wildman–Crippen MR) is 101 cm³/mol. The molecule has 3 aromatic rings. The fourth-order valence-corrected chi connectivity index (χ4v) is 3.95.